The molecule has 1 aromatic rings. The number of nitrogens with zero attached hydrogens (tertiary/aromatic N) is 2. The Bertz CT molecular complexity index is 504. The third-order valence-corrected chi connectivity index (χ3v) is 2.76. The summed E-state index contributed by atoms with van der Waals surface area (Å²) < 4.78 is 0. The highest BCUT2D eigenvalue weighted by Gasteiger charge is 2.25. The molecule has 0 aromatic heterocycles. The van der Waals surface area contributed by atoms with E-state index in [-0.39, 0.29) is 11.4 Å². The van der Waals surface area contributed by atoms with Crippen LogP contribution in [0.3, 0.4) is 0 Å². The number of rotatable bonds is 4. The molecular weight excluding hydrogens is 236 g/mol. The van der Waals surface area contributed by atoms with E-state index in [1.807, 2.05) is 69.0 Å². The van der Waals surface area contributed by atoms with Gasteiger partial charge >= 0.3 is 0 Å². The predicted octanol–water partition coefficient (Wildman–Crippen LogP) is 3.54. The second-order valence-electron chi connectivity index (χ2n) is 5.36. The molecule has 0 heterocycles. The fraction of sp³-hybridized carbons (Fsp3) is 0.375. The monoisotopic (exact) mass is 256 g/mol. The van der Waals surface area contributed by atoms with Crippen LogP contribution in [-0.4, -0.2) is 12.3 Å². The number of carbonyl (C=O) groups is 1. The quantitative estimate of drug-likeness (QED) is 0.611. The number of carbonyl (C=O) groups excluding carboxylic acids is 1. The van der Waals surface area contributed by atoms with Gasteiger partial charge in [0, 0.05) is 23.8 Å². The van der Waals surface area contributed by atoms with Crippen molar-refractivity contribution in [1.82, 2.24) is 0 Å². The molecule has 0 saturated carbocycles. The fourth-order valence-electron chi connectivity index (χ4n) is 1.67. The van der Waals surface area contributed by atoms with Crippen LogP contribution in [0.15, 0.2) is 42.1 Å². The van der Waals surface area contributed by atoms with Gasteiger partial charge in [-0.05, 0) is 19.1 Å². The Balaban J connectivity index is 3.10. The Morgan fingerprint density at radius 2 is 1.89 bits per heavy atom. The summed E-state index contributed by atoms with van der Waals surface area (Å²) in [7, 11) is 0. The lowest BCUT2D eigenvalue weighted by Gasteiger charge is -2.21. The number of nitriles is 1. The Kier molecular flexibility index (Phi) is 4.88. The number of Topliss-reactive ketones (excluding diaryl/α,β-unsaturated/α-hetero) is 1. The molecule has 0 atom stereocenters. The molecule has 1 aromatic carbocycles. The number of hydrogen-bond acceptors (Lipinski definition) is 3. The number of benzene rings is 1. The highest BCUT2D eigenvalue weighted by molar-refractivity contribution is 6.02. The Labute approximate surface area is 115 Å². The van der Waals surface area contributed by atoms with Crippen LogP contribution < -0.4 is 4.90 Å². The number of para-hydroxylation sites is 1. The second kappa shape index (κ2) is 6.19. The zero-order chi connectivity index (χ0) is 14.5. The van der Waals surface area contributed by atoms with Gasteiger partial charge in [0.1, 0.15) is 11.6 Å². The average Bonchev–Trinajstić information content (AvgIpc) is 2.39. The molecule has 0 spiro atoms. The van der Waals surface area contributed by atoms with E-state index in [0.717, 1.165) is 5.69 Å². The van der Waals surface area contributed by atoms with E-state index in [0.29, 0.717) is 6.54 Å². The first-order valence-electron chi connectivity index (χ1n) is 6.38. The van der Waals surface area contributed by atoms with Crippen molar-refractivity contribution in [2.75, 3.05) is 11.4 Å². The van der Waals surface area contributed by atoms with Gasteiger partial charge in [-0.2, -0.15) is 5.26 Å². The summed E-state index contributed by atoms with van der Waals surface area (Å²) in [5.41, 5.74) is 0.621. The summed E-state index contributed by atoms with van der Waals surface area (Å²) in [4.78, 5) is 14.1. The molecule has 0 bridgehead atoms. The molecule has 0 aliphatic heterocycles. The molecule has 0 N–H and O–H groups in total. The van der Waals surface area contributed by atoms with Gasteiger partial charge in [0.15, 0.2) is 5.78 Å². The van der Waals surface area contributed by atoms with Crippen molar-refractivity contribution in [3.8, 4) is 6.07 Å². The second-order valence-corrected chi connectivity index (χ2v) is 5.36. The van der Waals surface area contributed by atoms with Crippen molar-refractivity contribution in [1.29, 1.82) is 5.26 Å². The van der Waals surface area contributed by atoms with Gasteiger partial charge in [0.25, 0.3) is 0 Å². The maximum Gasteiger partial charge on any atom is 0.180 e. The Morgan fingerprint density at radius 3 is 2.32 bits per heavy atom. The zero-order valence-electron chi connectivity index (χ0n) is 12.0. The first-order chi connectivity index (χ1) is 8.90. The van der Waals surface area contributed by atoms with Gasteiger partial charge < -0.3 is 4.90 Å². The summed E-state index contributed by atoms with van der Waals surface area (Å²) in [5, 5.41) is 9.19. The topological polar surface area (TPSA) is 44.1 Å². The molecule has 0 fully saturated rings. The fourth-order valence-corrected chi connectivity index (χ4v) is 1.67. The van der Waals surface area contributed by atoms with Gasteiger partial charge in [-0.1, -0.05) is 39.0 Å². The van der Waals surface area contributed by atoms with Crippen LogP contribution in [0.25, 0.3) is 0 Å². The maximum atomic E-state index is 12.2. The van der Waals surface area contributed by atoms with Crippen LogP contribution in [0, 0.1) is 16.7 Å². The van der Waals surface area contributed by atoms with Crippen molar-refractivity contribution < 1.29 is 4.79 Å². The molecule has 0 radical (unpaired) electrons. The van der Waals surface area contributed by atoms with Gasteiger partial charge in [-0.25, -0.2) is 0 Å². The molecule has 0 saturated heterocycles. The third kappa shape index (κ3) is 3.96. The lowest BCUT2D eigenvalue weighted by Crippen LogP contribution is -2.24. The van der Waals surface area contributed by atoms with Crippen molar-refractivity contribution in [3.63, 3.8) is 0 Å². The Morgan fingerprint density at radius 1 is 1.32 bits per heavy atom. The van der Waals surface area contributed by atoms with E-state index in [1.165, 1.54) is 0 Å². The normalized spacial score (nSPS) is 11.8. The molecule has 19 heavy (non-hydrogen) atoms. The SMILES string of the molecule is CCN(C=C(C#N)C(=O)C(C)(C)C)c1ccccc1. The highest BCUT2D eigenvalue weighted by Crippen LogP contribution is 2.21. The first-order valence-corrected chi connectivity index (χ1v) is 6.38. The lowest BCUT2D eigenvalue weighted by atomic mass is 9.87. The van der Waals surface area contributed by atoms with E-state index >= 15 is 0 Å². The van der Waals surface area contributed by atoms with Crippen molar-refractivity contribution in [3.05, 3.63) is 42.1 Å². The summed E-state index contributed by atoms with van der Waals surface area (Å²) in [6.07, 6.45) is 1.64. The predicted molar refractivity (Wildman–Crippen MR) is 77.6 cm³/mol. The molecule has 0 unspecified atom stereocenters. The van der Waals surface area contributed by atoms with Crippen LogP contribution in [0.4, 0.5) is 5.69 Å². The van der Waals surface area contributed by atoms with Crippen LogP contribution in [0.2, 0.25) is 0 Å². The van der Waals surface area contributed by atoms with Gasteiger partial charge in [0.2, 0.25) is 0 Å². The molecule has 3 heteroatoms. The van der Waals surface area contributed by atoms with Gasteiger partial charge in [0.05, 0.1) is 0 Å². The molecule has 3 nitrogen and oxygen atoms in total. The molecule has 100 valence electrons. The summed E-state index contributed by atoms with van der Waals surface area (Å²) in [5.74, 6) is -0.135. The lowest BCUT2D eigenvalue weighted by molar-refractivity contribution is -0.122. The minimum Gasteiger partial charge on any atom is -0.347 e. The smallest absolute Gasteiger partial charge is 0.180 e. The standard InChI is InChI=1S/C16H20N2O/c1-5-18(14-9-7-6-8-10-14)12-13(11-17)15(19)16(2,3)4/h6-10,12H,5H2,1-4H3. The minimum absolute atomic E-state index is 0.135. The number of anilines is 1. The van der Waals surface area contributed by atoms with E-state index < -0.39 is 5.41 Å². The Hall–Kier alpha value is -2.08. The van der Waals surface area contributed by atoms with Crippen molar-refractivity contribution in [2.45, 2.75) is 27.7 Å². The highest BCUT2D eigenvalue weighted by atomic mass is 16.1. The third-order valence-electron chi connectivity index (χ3n) is 2.76. The number of ketones is 1. The summed E-state index contributed by atoms with van der Waals surface area (Å²) in [6.45, 7) is 8.14. The molecular formula is C16H20N2O. The van der Waals surface area contributed by atoms with E-state index in [4.69, 9.17) is 0 Å². The van der Waals surface area contributed by atoms with Crippen LogP contribution in [-0.2, 0) is 4.79 Å². The maximum absolute atomic E-state index is 12.2. The van der Waals surface area contributed by atoms with Gasteiger partial charge in [-0.15, -0.1) is 0 Å². The average molecular weight is 256 g/mol. The molecule has 0 amide bonds. The van der Waals surface area contributed by atoms with E-state index in [9.17, 15) is 10.1 Å². The minimum atomic E-state index is -0.544. The zero-order valence-corrected chi connectivity index (χ0v) is 12.0. The van der Waals surface area contributed by atoms with Crippen molar-refractivity contribution in [2.24, 2.45) is 5.41 Å². The summed E-state index contributed by atoms with van der Waals surface area (Å²) in [6, 6.07) is 11.7. The largest absolute Gasteiger partial charge is 0.347 e. The van der Waals surface area contributed by atoms with Gasteiger partial charge in [-0.3, -0.25) is 4.79 Å². The first kappa shape index (κ1) is 15.0. The van der Waals surface area contributed by atoms with Crippen molar-refractivity contribution >= 4 is 11.5 Å². The molecule has 0 aliphatic carbocycles. The number of hydrogen-bond donors (Lipinski definition) is 0. The molecule has 0 aliphatic rings. The van der Waals surface area contributed by atoms with Crippen LogP contribution in [0.5, 0.6) is 0 Å². The number of allylic oxidation sites excluding steroid dienone is 1. The summed E-state index contributed by atoms with van der Waals surface area (Å²) >= 11 is 0. The van der Waals surface area contributed by atoms with E-state index in [2.05, 4.69) is 0 Å². The van der Waals surface area contributed by atoms with Crippen LogP contribution in [0.1, 0.15) is 27.7 Å². The van der Waals surface area contributed by atoms with Crippen LogP contribution >= 0.6 is 0 Å². The van der Waals surface area contributed by atoms with E-state index in [1.54, 1.807) is 6.20 Å². The molecule has 1 rings (SSSR count).